The second kappa shape index (κ2) is 7.98. The van der Waals surface area contributed by atoms with Crippen LogP contribution in [0.25, 0.3) is 0 Å². The van der Waals surface area contributed by atoms with Gasteiger partial charge in [-0.3, -0.25) is 9.59 Å². The maximum Gasteiger partial charge on any atom is 0.255 e. The Morgan fingerprint density at radius 3 is 2.12 bits per heavy atom. The van der Waals surface area contributed by atoms with Gasteiger partial charge in [-0.15, -0.1) is 0 Å². The topological polar surface area (TPSA) is 58.6 Å². The van der Waals surface area contributed by atoms with Crippen molar-refractivity contribution in [3.05, 3.63) is 57.6 Å². The highest BCUT2D eigenvalue weighted by Crippen LogP contribution is 2.34. The predicted molar refractivity (Wildman–Crippen MR) is 103 cm³/mol. The van der Waals surface area contributed by atoms with E-state index >= 15 is 0 Å². The first-order chi connectivity index (χ1) is 12.5. The number of amides is 2. The van der Waals surface area contributed by atoms with Gasteiger partial charge in [0.1, 0.15) is 0 Å². The number of likely N-dealkylation sites (tertiary alicyclic amines) is 1. The van der Waals surface area contributed by atoms with Crippen molar-refractivity contribution in [1.29, 1.82) is 0 Å². The van der Waals surface area contributed by atoms with Gasteiger partial charge in [0.25, 0.3) is 11.8 Å². The summed E-state index contributed by atoms with van der Waals surface area (Å²) in [5, 5.41) is 3.29. The van der Waals surface area contributed by atoms with Gasteiger partial charge in [-0.05, 0) is 49.2 Å². The first-order valence-corrected chi connectivity index (χ1v) is 8.99. The van der Waals surface area contributed by atoms with Gasteiger partial charge in [-0.1, -0.05) is 23.2 Å². The van der Waals surface area contributed by atoms with Crippen LogP contribution in [-0.2, 0) is 0 Å². The standard InChI is InChI=1S/C19H18Cl2N2O3/c1-26-17-15(20)10-13(11-16(17)21)18(24)22-14-6-4-12(5-7-14)19(25)23-8-2-3-9-23/h4-7,10-11H,2-3,8-9H2,1H3,(H,22,24). The van der Waals surface area contributed by atoms with Crippen LogP contribution >= 0.6 is 23.2 Å². The van der Waals surface area contributed by atoms with Crippen molar-refractivity contribution in [3.63, 3.8) is 0 Å². The minimum Gasteiger partial charge on any atom is -0.494 e. The number of methoxy groups -OCH3 is 1. The lowest BCUT2D eigenvalue weighted by Gasteiger charge is -2.15. The van der Waals surface area contributed by atoms with Crippen LogP contribution in [0.1, 0.15) is 33.6 Å². The molecule has 1 aliphatic rings. The number of nitrogens with zero attached hydrogens (tertiary/aromatic N) is 1. The molecule has 26 heavy (non-hydrogen) atoms. The molecule has 0 spiro atoms. The first kappa shape index (κ1) is 18.5. The van der Waals surface area contributed by atoms with Crippen molar-refractivity contribution in [2.75, 3.05) is 25.5 Å². The molecule has 2 amide bonds. The Balaban J connectivity index is 1.71. The van der Waals surface area contributed by atoms with Crippen molar-refractivity contribution in [2.45, 2.75) is 12.8 Å². The number of hydrogen-bond acceptors (Lipinski definition) is 3. The van der Waals surface area contributed by atoms with Crippen molar-refractivity contribution in [3.8, 4) is 5.75 Å². The third-order valence-electron chi connectivity index (χ3n) is 4.25. The maximum absolute atomic E-state index is 12.4. The van der Waals surface area contributed by atoms with E-state index < -0.39 is 0 Å². The third-order valence-corrected chi connectivity index (χ3v) is 4.81. The van der Waals surface area contributed by atoms with Crippen LogP contribution in [-0.4, -0.2) is 36.9 Å². The van der Waals surface area contributed by atoms with E-state index in [2.05, 4.69) is 5.32 Å². The average Bonchev–Trinajstić information content (AvgIpc) is 3.16. The van der Waals surface area contributed by atoms with E-state index in [0.717, 1.165) is 25.9 Å². The molecule has 2 aromatic rings. The largest absolute Gasteiger partial charge is 0.494 e. The number of nitrogens with one attached hydrogen (secondary N) is 1. The lowest BCUT2D eigenvalue weighted by Crippen LogP contribution is -2.27. The second-order valence-electron chi connectivity index (χ2n) is 6.00. The van der Waals surface area contributed by atoms with Gasteiger partial charge in [0, 0.05) is 29.9 Å². The Bertz CT molecular complexity index is 808. The van der Waals surface area contributed by atoms with Crippen molar-refractivity contribution in [2.24, 2.45) is 0 Å². The minimum atomic E-state index is -0.352. The zero-order chi connectivity index (χ0) is 18.7. The van der Waals surface area contributed by atoms with Crippen LogP contribution in [0, 0.1) is 0 Å². The Hall–Kier alpha value is -2.24. The summed E-state index contributed by atoms with van der Waals surface area (Å²) in [7, 11) is 1.46. The van der Waals surface area contributed by atoms with E-state index in [1.165, 1.54) is 19.2 Å². The summed E-state index contributed by atoms with van der Waals surface area (Å²) in [6, 6.07) is 9.82. The zero-order valence-corrected chi connectivity index (χ0v) is 15.7. The summed E-state index contributed by atoms with van der Waals surface area (Å²) in [5.41, 5.74) is 1.51. The Morgan fingerprint density at radius 2 is 1.58 bits per heavy atom. The second-order valence-corrected chi connectivity index (χ2v) is 6.82. The van der Waals surface area contributed by atoms with E-state index in [0.29, 0.717) is 22.6 Å². The summed E-state index contributed by atoms with van der Waals surface area (Å²) in [4.78, 5) is 26.6. The molecule has 7 heteroatoms. The quantitative estimate of drug-likeness (QED) is 0.833. The van der Waals surface area contributed by atoms with Crippen LogP contribution in [0.15, 0.2) is 36.4 Å². The molecule has 0 radical (unpaired) electrons. The number of hydrogen-bond donors (Lipinski definition) is 1. The van der Waals surface area contributed by atoms with E-state index in [4.69, 9.17) is 27.9 Å². The average molecular weight is 393 g/mol. The van der Waals surface area contributed by atoms with E-state index in [9.17, 15) is 9.59 Å². The highest BCUT2D eigenvalue weighted by Gasteiger charge is 2.19. The summed E-state index contributed by atoms with van der Waals surface area (Å²) in [6.07, 6.45) is 2.10. The van der Waals surface area contributed by atoms with Gasteiger partial charge in [-0.25, -0.2) is 0 Å². The molecule has 0 saturated carbocycles. The molecule has 0 unspecified atom stereocenters. The van der Waals surface area contributed by atoms with E-state index in [-0.39, 0.29) is 21.9 Å². The summed E-state index contributed by atoms with van der Waals surface area (Å²) < 4.78 is 5.08. The van der Waals surface area contributed by atoms with Gasteiger partial charge in [-0.2, -0.15) is 0 Å². The van der Waals surface area contributed by atoms with Crippen LogP contribution in [0.5, 0.6) is 5.75 Å². The van der Waals surface area contributed by atoms with Gasteiger partial charge < -0.3 is 15.0 Å². The Morgan fingerprint density at radius 1 is 1.00 bits per heavy atom. The van der Waals surface area contributed by atoms with Gasteiger partial charge in [0.2, 0.25) is 0 Å². The Kier molecular flexibility index (Phi) is 5.69. The number of halogens is 2. The van der Waals surface area contributed by atoms with Gasteiger partial charge in [0.05, 0.1) is 17.2 Å². The van der Waals surface area contributed by atoms with Gasteiger partial charge >= 0.3 is 0 Å². The van der Waals surface area contributed by atoms with Crippen molar-refractivity contribution in [1.82, 2.24) is 4.90 Å². The summed E-state index contributed by atoms with van der Waals surface area (Å²) in [6.45, 7) is 1.60. The van der Waals surface area contributed by atoms with Gasteiger partial charge in [0.15, 0.2) is 5.75 Å². The highest BCUT2D eigenvalue weighted by molar-refractivity contribution is 6.37. The molecule has 0 aromatic heterocycles. The number of ether oxygens (including phenoxy) is 1. The molecule has 2 aromatic carbocycles. The lowest BCUT2D eigenvalue weighted by atomic mass is 10.1. The van der Waals surface area contributed by atoms with Crippen LogP contribution in [0.4, 0.5) is 5.69 Å². The van der Waals surface area contributed by atoms with Crippen LogP contribution < -0.4 is 10.1 Å². The number of benzene rings is 2. The molecule has 1 N–H and O–H groups in total. The maximum atomic E-state index is 12.4. The first-order valence-electron chi connectivity index (χ1n) is 8.23. The smallest absolute Gasteiger partial charge is 0.255 e. The molecule has 1 fully saturated rings. The molecule has 1 aliphatic heterocycles. The monoisotopic (exact) mass is 392 g/mol. The molecular weight excluding hydrogens is 375 g/mol. The normalized spacial score (nSPS) is 13.6. The van der Waals surface area contributed by atoms with Crippen molar-refractivity contribution < 1.29 is 14.3 Å². The lowest BCUT2D eigenvalue weighted by molar-refractivity contribution is 0.0792. The fraction of sp³-hybridized carbons (Fsp3) is 0.263. The number of carbonyl (C=O) groups excluding carboxylic acids is 2. The van der Waals surface area contributed by atoms with Crippen LogP contribution in [0.3, 0.4) is 0 Å². The molecule has 1 saturated heterocycles. The fourth-order valence-electron chi connectivity index (χ4n) is 2.89. The molecular formula is C19H18Cl2N2O3. The van der Waals surface area contributed by atoms with E-state index in [1.807, 2.05) is 4.90 Å². The highest BCUT2D eigenvalue weighted by atomic mass is 35.5. The van der Waals surface area contributed by atoms with Crippen LogP contribution in [0.2, 0.25) is 10.0 Å². The number of carbonyl (C=O) groups is 2. The molecule has 136 valence electrons. The summed E-state index contributed by atoms with van der Waals surface area (Å²) in [5.74, 6) is -0.00108. The molecule has 0 aliphatic carbocycles. The minimum absolute atomic E-state index is 0.0223. The molecule has 3 rings (SSSR count). The molecule has 1 heterocycles. The summed E-state index contributed by atoms with van der Waals surface area (Å²) >= 11 is 12.1. The number of rotatable bonds is 4. The SMILES string of the molecule is COc1c(Cl)cc(C(=O)Nc2ccc(C(=O)N3CCCC3)cc2)cc1Cl. The third kappa shape index (κ3) is 3.94. The van der Waals surface area contributed by atoms with Crippen molar-refractivity contribution >= 4 is 40.7 Å². The molecule has 5 nitrogen and oxygen atoms in total. The Labute approximate surface area is 161 Å². The fourth-order valence-corrected chi connectivity index (χ4v) is 3.53. The molecule has 0 bridgehead atoms. The van der Waals surface area contributed by atoms with E-state index in [1.54, 1.807) is 24.3 Å². The zero-order valence-electron chi connectivity index (χ0n) is 14.2. The number of anilines is 1. The predicted octanol–water partition coefficient (Wildman–Crippen LogP) is 4.49. The molecule has 0 atom stereocenters.